The number of hydrogen-bond donors (Lipinski definition) is 2. The van der Waals surface area contributed by atoms with Crippen molar-refractivity contribution in [3.8, 4) is 0 Å². The summed E-state index contributed by atoms with van der Waals surface area (Å²) in [4.78, 5) is 9.03. The van der Waals surface area contributed by atoms with Crippen molar-refractivity contribution < 1.29 is 4.52 Å². The Labute approximate surface area is 119 Å². The van der Waals surface area contributed by atoms with Gasteiger partial charge in [0.1, 0.15) is 17.5 Å². The number of hydrogen-bond acceptors (Lipinski definition) is 6. The molecule has 2 heterocycles. The highest BCUT2D eigenvalue weighted by molar-refractivity contribution is 5.47. The fraction of sp³-hybridized carbons (Fsp3) is 0.500. The van der Waals surface area contributed by atoms with E-state index in [0.29, 0.717) is 6.54 Å². The monoisotopic (exact) mass is 275 g/mol. The Morgan fingerprint density at radius 3 is 2.55 bits per heavy atom. The molecule has 6 nitrogen and oxygen atoms in total. The lowest BCUT2D eigenvalue weighted by molar-refractivity contribution is 0.388. The standard InChI is InChI=1S/C14H21N5O/c1-4-6-15-12-8-13(19-14(18-12)10(2)3)16-9-11-5-7-17-20-11/h5,7-8,10H,4,6,9H2,1-3H3,(H2,15,16,18,19). The molecule has 2 aromatic rings. The molecule has 0 aliphatic heterocycles. The molecule has 2 aromatic heterocycles. The van der Waals surface area contributed by atoms with Gasteiger partial charge in [-0.25, -0.2) is 9.97 Å². The molecule has 108 valence electrons. The van der Waals surface area contributed by atoms with Gasteiger partial charge >= 0.3 is 0 Å². The van der Waals surface area contributed by atoms with E-state index < -0.39 is 0 Å². The summed E-state index contributed by atoms with van der Waals surface area (Å²) in [5.74, 6) is 3.53. The molecule has 2 rings (SSSR count). The average molecular weight is 275 g/mol. The SMILES string of the molecule is CCCNc1cc(NCc2ccno2)nc(C(C)C)n1. The van der Waals surface area contributed by atoms with E-state index in [2.05, 4.69) is 46.5 Å². The second kappa shape index (κ2) is 6.88. The Morgan fingerprint density at radius 2 is 1.95 bits per heavy atom. The number of anilines is 2. The second-order valence-corrected chi connectivity index (χ2v) is 4.91. The fourth-order valence-corrected chi connectivity index (χ4v) is 1.67. The van der Waals surface area contributed by atoms with Gasteiger partial charge in [0.25, 0.3) is 0 Å². The maximum atomic E-state index is 5.06. The third-order valence-corrected chi connectivity index (χ3v) is 2.75. The first-order chi connectivity index (χ1) is 9.69. The molecule has 0 aromatic carbocycles. The number of nitrogens with one attached hydrogen (secondary N) is 2. The predicted molar refractivity (Wildman–Crippen MR) is 78.7 cm³/mol. The first kappa shape index (κ1) is 14.3. The van der Waals surface area contributed by atoms with E-state index in [1.165, 1.54) is 0 Å². The average Bonchev–Trinajstić information content (AvgIpc) is 2.96. The Kier molecular flexibility index (Phi) is 4.92. The summed E-state index contributed by atoms with van der Waals surface area (Å²) < 4.78 is 5.06. The largest absolute Gasteiger partial charge is 0.370 e. The lowest BCUT2D eigenvalue weighted by Crippen LogP contribution is -2.09. The molecule has 0 spiro atoms. The van der Waals surface area contributed by atoms with Crippen molar-refractivity contribution in [1.82, 2.24) is 15.1 Å². The van der Waals surface area contributed by atoms with E-state index in [0.717, 1.165) is 36.2 Å². The highest BCUT2D eigenvalue weighted by Crippen LogP contribution is 2.17. The molecule has 2 N–H and O–H groups in total. The molecule has 0 saturated carbocycles. The Bertz CT molecular complexity index is 524. The zero-order valence-corrected chi connectivity index (χ0v) is 12.2. The van der Waals surface area contributed by atoms with Crippen LogP contribution in [0.4, 0.5) is 11.6 Å². The van der Waals surface area contributed by atoms with Gasteiger partial charge in [0.15, 0.2) is 5.76 Å². The Hall–Kier alpha value is -2.11. The molecule has 0 aliphatic rings. The molecule has 0 aliphatic carbocycles. The summed E-state index contributed by atoms with van der Waals surface area (Å²) in [7, 11) is 0. The van der Waals surface area contributed by atoms with Crippen molar-refractivity contribution in [2.45, 2.75) is 39.7 Å². The van der Waals surface area contributed by atoms with Gasteiger partial charge in [0.05, 0.1) is 12.7 Å². The molecule has 0 saturated heterocycles. The molecule has 0 fully saturated rings. The van der Waals surface area contributed by atoms with Crippen molar-refractivity contribution in [3.05, 3.63) is 29.9 Å². The first-order valence-corrected chi connectivity index (χ1v) is 6.95. The quantitative estimate of drug-likeness (QED) is 0.809. The van der Waals surface area contributed by atoms with E-state index in [-0.39, 0.29) is 5.92 Å². The molecular weight excluding hydrogens is 254 g/mol. The summed E-state index contributed by atoms with van der Waals surface area (Å²) in [6.07, 6.45) is 2.69. The van der Waals surface area contributed by atoms with Crippen LogP contribution in [0, 0.1) is 0 Å². The molecular formula is C14H21N5O. The van der Waals surface area contributed by atoms with Crippen molar-refractivity contribution in [3.63, 3.8) is 0 Å². The van der Waals surface area contributed by atoms with Crippen LogP contribution in [0.5, 0.6) is 0 Å². The molecule has 0 bridgehead atoms. The predicted octanol–water partition coefficient (Wildman–Crippen LogP) is 3.02. The van der Waals surface area contributed by atoms with Crippen molar-refractivity contribution in [2.24, 2.45) is 0 Å². The van der Waals surface area contributed by atoms with Gasteiger partial charge in [-0.3, -0.25) is 0 Å². The molecule has 20 heavy (non-hydrogen) atoms. The highest BCUT2D eigenvalue weighted by atomic mass is 16.5. The Morgan fingerprint density at radius 1 is 1.20 bits per heavy atom. The molecule has 0 radical (unpaired) electrons. The molecule has 0 atom stereocenters. The van der Waals surface area contributed by atoms with Crippen LogP contribution in [-0.2, 0) is 6.54 Å². The van der Waals surface area contributed by atoms with Gasteiger partial charge in [-0.05, 0) is 6.42 Å². The maximum absolute atomic E-state index is 5.06. The summed E-state index contributed by atoms with van der Waals surface area (Å²) in [6.45, 7) is 7.75. The fourth-order valence-electron chi connectivity index (χ4n) is 1.67. The van der Waals surface area contributed by atoms with Gasteiger partial charge in [-0.1, -0.05) is 25.9 Å². The van der Waals surface area contributed by atoms with Gasteiger partial charge in [0.2, 0.25) is 0 Å². The summed E-state index contributed by atoms with van der Waals surface area (Å²) in [5.41, 5.74) is 0. The lowest BCUT2D eigenvalue weighted by Gasteiger charge is -2.12. The topological polar surface area (TPSA) is 75.9 Å². The normalized spacial score (nSPS) is 10.8. The van der Waals surface area contributed by atoms with Crippen LogP contribution in [0.1, 0.15) is 44.7 Å². The number of rotatable bonds is 7. The molecule has 0 unspecified atom stereocenters. The van der Waals surface area contributed by atoms with Crippen molar-refractivity contribution in [1.29, 1.82) is 0 Å². The summed E-state index contributed by atoms with van der Waals surface area (Å²) in [5, 5.41) is 10.2. The van der Waals surface area contributed by atoms with Crippen LogP contribution in [0.25, 0.3) is 0 Å². The van der Waals surface area contributed by atoms with Crippen LogP contribution >= 0.6 is 0 Å². The smallest absolute Gasteiger partial charge is 0.155 e. The number of aromatic nitrogens is 3. The molecule has 0 amide bonds. The Balaban J connectivity index is 2.11. The van der Waals surface area contributed by atoms with E-state index in [1.54, 1.807) is 6.20 Å². The van der Waals surface area contributed by atoms with Crippen LogP contribution in [0.3, 0.4) is 0 Å². The third-order valence-electron chi connectivity index (χ3n) is 2.75. The van der Waals surface area contributed by atoms with Crippen molar-refractivity contribution >= 4 is 11.6 Å². The summed E-state index contributed by atoms with van der Waals surface area (Å²) in [6, 6.07) is 3.74. The van der Waals surface area contributed by atoms with Crippen LogP contribution in [0.2, 0.25) is 0 Å². The zero-order valence-electron chi connectivity index (χ0n) is 12.2. The summed E-state index contributed by atoms with van der Waals surface area (Å²) >= 11 is 0. The van der Waals surface area contributed by atoms with Gasteiger partial charge in [-0.15, -0.1) is 0 Å². The lowest BCUT2D eigenvalue weighted by atomic mass is 10.2. The van der Waals surface area contributed by atoms with E-state index in [4.69, 9.17) is 4.52 Å². The maximum Gasteiger partial charge on any atom is 0.155 e. The van der Waals surface area contributed by atoms with E-state index >= 15 is 0 Å². The molecule has 6 heteroatoms. The second-order valence-electron chi connectivity index (χ2n) is 4.91. The van der Waals surface area contributed by atoms with Crippen molar-refractivity contribution in [2.75, 3.05) is 17.2 Å². The minimum Gasteiger partial charge on any atom is -0.370 e. The minimum absolute atomic E-state index is 0.282. The first-order valence-electron chi connectivity index (χ1n) is 6.95. The minimum atomic E-state index is 0.282. The van der Waals surface area contributed by atoms with Gasteiger partial charge < -0.3 is 15.2 Å². The van der Waals surface area contributed by atoms with Gasteiger partial charge in [-0.2, -0.15) is 0 Å². The van der Waals surface area contributed by atoms with Crippen LogP contribution < -0.4 is 10.6 Å². The van der Waals surface area contributed by atoms with Gasteiger partial charge in [0, 0.05) is 24.6 Å². The number of nitrogens with zero attached hydrogens (tertiary/aromatic N) is 3. The van der Waals surface area contributed by atoms with E-state index in [9.17, 15) is 0 Å². The van der Waals surface area contributed by atoms with Crippen LogP contribution in [0.15, 0.2) is 22.9 Å². The third kappa shape index (κ3) is 3.94. The van der Waals surface area contributed by atoms with Crippen LogP contribution in [-0.4, -0.2) is 21.7 Å². The van der Waals surface area contributed by atoms with E-state index in [1.807, 2.05) is 12.1 Å². The highest BCUT2D eigenvalue weighted by Gasteiger charge is 2.08. The zero-order chi connectivity index (χ0) is 14.4.